The largest absolute Gasteiger partial charge is 0.444 e. The van der Waals surface area contributed by atoms with Crippen molar-refractivity contribution >= 4 is 6.09 Å². The lowest BCUT2D eigenvalue weighted by Gasteiger charge is -2.44. The van der Waals surface area contributed by atoms with Crippen LogP contribution >= 0.6 is 0 Å². The van der Waals surface area contributed by atoms with Crippen LogP contribution in [0.25, 0.3) is 0 Å². The molecule has 5 nitrogen and oxygen atoms in total. The molecule has 1 aromatic carbocycles. The van der Waals surface area contributed by atoms with Gasteiger partial charge in [0.15, 0.2) is 0 Å². The molecule has 0 radical (unpaired) electrons. The molecular formula is C20H32N2O3. The highest BCUT2D eigenvalue weighted by Crippen LogP contribution is 2.23. The summed E-state index contributed by atoms with van der Waals surface area (Å²) in [5, 5.41) is 2.97. The van der Waals surface area contributed by atoms with Gasteiger partial charge in [-0.1, -0.05) is 30.3 Å². The van der Waals surface area contributed by atoms with Crippen molar-refractivity contribution in [2.24, 2.45) is 0 Å². The van der Waals surface area contributed by atoms with Crippen molar-refractivity contribution in [1.29, 1.82) is 0 Å². The molecule has 1 aliphatic heterocycles. The first kappa shape index (κ1) is 19.7. The summed E-state index contributed by atoms with van der Waals surface area (Å²) in [6.45, 7) is 14.0. The van der Waals surface area contributed by atoms with Crippen LogP contribution in [-0.2, 0) is 16.0 Å². The molecule has 1 heterocycles. The Morgan fingerprint density at radius 1 is 1.24 bits per heavy atom. The Labute approximate surface area is 151 Å². The molecule has 0 aromatic heterocycles. The third-order valence-electron chi connectivity index (χ3n) is 4.42. The quantitative estimate of drug-likeness (QED) is 0.904. The van der Waals surface area contributed by atoms with Gasteiger partial charge in [0.2, 0.25) is 0 Å². The lowest BCUT2D eigenvalue weighted by Crippen LogP contribution is -2.61. The smallest absolute Gasteiger partial charge is 0.408 e. The topological polar surface area (TPSA) is 50.8 Å². The monoisotopic (exact) mass is 348 g/mol. The van der Waals surface area contributed by atoms with Crippen LogP contribution in [0.2, 0.25) is 0 Å². The van der Waals surface area contributed by atoms with E-state index in [0.29, 0.717) is 12.6 Å². The highest BCUT2D eigenvalue weighted by Gasteiger charge is 2.38. The molecule has 1 aromatic rings. The van der Waals surface area contributed by atoms with Gasteiger partial charge in [0, 0.05) is 19.1 Å². The van der Waals surface area contributed by atoms with Crippen molar-refractivity contribution in [2.45, 2.75) is 71.4 Å². The number of benzene rings is 1. The average Bonchev–Trinajstić information content (AvgIpc) is 2.47. The fraction of sp³-hybridized carbons (Fsp3) is 0.650. The average molecular weight is 348 g/mol. The molecule has 0 saturated carbocycles. The van der Waals surface area contributed by atoms with E-state index >= 15 is 0 Å². The van der Waals surface area contributed by atoms with Gasteiger partial charge < -0.3 is 14.8 Å². The maximum atomic E-state index is 12.2. The van der Waals surface area contributed by atoms with Crippen LogP contribution in [-0.4, -0.2) is 47.4 Å². The molecular weight excluding hydrogens is 316 g/mol. The number of alkyl carbamates (subject to hydrolysis) is 1. The highest BCUT2D eigenvalue weighted by atomic mass is 16.6. The third-order valence-corrected chi connectivity index (χ3v) is 4.42. The second kappa shape index (κ2) is 7.75. The first-order chi connectivity index (χ1) is 11.6. The Kier molecular flexibility index (Phi) is 6.12. The molecule has 1 fully saturated rings. The normalized spacial score (nSPS) is 22.5. The maximum absolute atomic E-state index is 12.2. The molecule has 1 N–H and O–H groups in total. The minimum atomic E-state index is -0.516. The van der Waals surface area contributed by atoms with Crippen molar-refractivity contribution < 1.29 is 14.3 Å². The maximum Gasteiger partial charge on any atom is 0.408 e. The molecule has 5 heteroatoms. The second-order valence-electron chi connectivity index (χ2n) is 8.43. The number of ether oxygens (including phenoxy) is 2. The van der Waals surface area contributed by atoms with Gasteiger partial charge >= 0.3 is 6.09 Å². The fourth-order valence-electron chi connectivity index (χ4n) is 2.93. The molecule has 0 aliphatic carbocycles. The van der Waals surface area contributed by atoms with E-state index in [4.69, 9.17) is 9.47 Å². The molecule has 0 spiro atoms. The summed E-state index contributed by atoms with van der Waals surface area (Å²) in [6, 6.07) is 10.8. The Morgan fingerprint density at radius 2 is 1.88 bits per heavy atom. The molecule has 140 valence electrons. The van der Waals surface area contributed by atoms with E-state index in [-0.39, 0.29) is 6.10 Å². The molecule has 0 bridgehead atoms. The van der Waals surface area contributed by atoms with Crippen molar-refractivity contribution in [3.05, 3.63) is 35.9 Å². The van der Waals surface area contributed by atoms with Crippen molar-refractivity contribution in [2.75, 3.05) is 13.2 Å². The standard InChI is InChI=1S/C20H32N2O3/c1-15-14-24-17(13-22(15)12-16-10-8-7-9-11-16)20(5,6)21-18(23)25-19(2,3)4/h7-11,15,17H,12-14H2,1-6H3,(H,21,23)/t15-,17?/m0/s1. The number of hydrogen-bond donors (Lipinski definition) is 1. The Balaban J connectivity index is 1.99. The lowest BCUT2D eigenvalue weighted by molar-refractivity contribution is -0.0941. The zero-order valence-electron chi connectivity index (χ0n) is 16.3. The molecule has 25 heavy (non-hydrogen) atoms. The van der Waals surface area contributed by atoms with Crippen LogP contribution in [0.3, 0.4) is 0 Å². The SMILES string of the molecule is C[C@H]1COC(C(C)(C)NC(=O)OC(C)(C)C)CN1Cc1ccccc1. The van der Waals surface area contributed by atoms with Crippen LogP contribution in [0.1, 0.15) is 47.1 Å². The van der Waals surface area contributed by atoms with E-state index < -0.39 is 17.2 Å². The van der Waals surface area contributed by atoms with E-state index in [9.17, 15) is 4.79 Å². The number of carbonyl (C=O) groups is 1. The molecule has 1 amide bonds. The van der Waals surface area contributed by atoms with Gasteiger partial charge in [-0.3, -0.25) is 4.90 Å². The predicted molar refractivity (Wildman–Crippen MR) is 99.5 cm³/mol. The van der Waals surface area contributed by atoms with Gasteiger partial charge in [-0.15, -0.1) is 0 Å². The molecule has 2 atom stereocenters. The van der Waals surface area contributed by atoms with Gasteiger partial charge in [0.1, 0.15) is 5.60 Å². The molecule has 2 rings (SSSR count). The second-order valence-corrected chi connectivity index (χ2v) is 8.43. The Hall–Kier alpha value is -1.59. The number of nitrogens with zero attached hydrogens (tertiary/aromatic N) is 1. The van der Waals surface area contributed by atoms with Crippen LogP contribution in [0.5, 0.6) is 0 Å². The van der Waals surface area contributed by atoms with Crippen LogP contribution in [0.4, 0.5) is 4.79 Å². The lowest BCUT2D eigenvalue weighted by atomic mass is 9.94. The van der Waals surface area contributed by atoms with Crippen LogP contribution < -0.4 is 5.32 Å². The first-order valence-electron chi connectivity index (χ1n) is 8.97. The van der Waals surface area contributed by atoms with Crippen molar-refractivity contribution in [1.82, 2.24) is 10.2 Å². The number of morpholine rings is 1. The number of hydrogen-bond acceptors (Lipinski definition) is 4. The zero-order valence-corrected chi connectivity index (χ0v) is 16.3. The van der Waals surface area contributed by atoms with Gasteiger partial charge in [-0.05, 0) is 47.1 Å². The summed E-state index contributed by atoms with van der Waals surface area (Å²) in [5.74, 6) is 0. The zero-order chi connectivity index (χ0) is 18.7. The summed E-state index contributed by atoms with van der Waals surface area (Å²) in [5.41, 5.74) is 0.256. The summed E-state index contributed by atoms with van der Waals surface area (Å²) in [6.07, 6.45) is -0.505. The van der Waals surface area contributed by atoms with E-state index in [1.165, 1.54) is 5.56 Å². The first-order valence-corrected chi connectivity index (χ1v) is 8.97. The number of nitrogens with one attached hydrogen (secondary N) is 1. The summed E-state index contributed by atoms with van der Waals surface area (Å²) in [7, 11) is 0. The summed E-state index contributed by atoms with van der Waals surface area (Å²) in [4.78, 5) is 14.6. The van der Waals surface area contributed by atoms with Gasteiger partial charge in [-0.2, -0.15) is 0 Å². The highest BCUT2D eigenvalue weighted by molar-refractivity contribution is 5.68. The van der Waals surface area contributed by atoms with Gasteiger partial charge in [-0.25, -0.2) is 4.79 Å². The van der Waals surface area contributed by atoms with Crippen molar-refractivity contribution in [3.63, 3.8) is 0 Å². The summed E-state index contributed by atoms with van der Waals surface area (Å²) >= 11 is 0. The van der Waals surface area contributed by atoms with Gasteiger partial charge in [0.05, 0.1) is 18.2 Å². The Morgan fingerprint density at radius 3 is 2.48 bits per heavy atom. The third kappa shape index (κ3) is 6.01. The molecule has 1 unspecified atom stereocenters. The van der Waals surface area contributed by atoms with E-state index in [1.54, 1.807) is 0 Å². The van der Waals surface area contributed by atoms with E-state index in [0.717, 1.165) is 13.1 Å². The van der Waals surface area contributed by atoms with Crippen LogP contribution in [0.15, 0.2) is 30.3 Å². The predicted octanol–water partition coefficient (Wildman–Crippen LogP) is 3.58. The minimum absolute atomic E-state index is 0.0973. The van der Waals surface area contributed by atoms with Gasteiger partial charge in [0.25, 0.3) is 0 Å². The Bertz CT molecular complexity index is 566. The number of carbonyl (C=O) groups excluding carboxylic acids is 1. The summed E-state index contributed by atoms with van der Waals surface area (Å²) < 4.78 is 11.4. The van der Waals surface area contributed by atoms with E-state index in [2.05, 4.69) is 41.4 Å². The van der Waals surface area contributed by atoms with Crippen molar-refractivity contribution in [3.8, 4) is 0 Å². The molecule has 1 aliphatic rings. The fourth-order valence-corrected chi connectivity index (χ4v) is 2.93. The number of amides is 1. The number of rotatable bonds is 4. The van der Waals surface area contributed by atoms with E-state index in [1.807, 2.05) is 40.7 Å². The van der Waals surface area contributed by atoms with Crippen LogP contribution in [0, 0.1) is 0 Å². The molecule has 1 saturated heterocycles. The minimum Gasteiger partial charge on any atom is -0.444 e.